The van der Waals surface area contributed by atoms with E-state index in [4.69, 9.17) is 44.3 Å². The van der Waals surface area contributed by atoms with E-state index in [0.717, 1.165) is 41.5 Å². The van der Waals surface area contributed by atoms with E-state index in [1.54, 1.807) is 37.4 Å². The monoisotopic (exact) mass is 502 g/mol. The van der Waals surface area contributed by atoms with Crippen molar-refractivity contribution in [2.45, 2.75) is 32.8 Å². The fourth-order valence-electron chi connectivity index (χ4n) is 3.82. The van der Waals surface area contributed by atoms with Crippen molar-refractivity contribution in [3.63, 3.8) is 0 Å². The zero-order valence-corrected chi connectivity index (χ0v) is 20.2. The van der Waals surface area contributed by atoms with Gasteiger partial charge in [-0.05, 0) is 67.7 Å². The summed E-state index contributed by atoms with van der Waals surface area (Å²) in [6.07, 6.45) is 5.65. The third-order valence-electron chi connectivity index (χ3n) is 5.35. The number of carbonyl (C=O) groups is 1. The van der Waals surface area contributed by atoms with Crippen molar-refractivity contribution < 1.29 is 14.3 Å². The van der Waals surface area contributed by atoms with E-state index in [1.165, 1.54) is 6.20 Å². The van der Waals surface area contributed by atoms with Crippen LogP contribution in [0.2, 0.25) is 15.1 Å². The summed E-state index contributed by atoms with van der Waals surface area (Å²) >= 11 is 19.0. The van der Waals surface area contributed by atoms with Gasteiger partial charge in [-0.15, -0.1) is 0 Å². The molecule has 170 valence electrons. The van der Waals surface area contributed by atoms with Gasteiger partial charge in [0.05, 0.1) is 24.7 Å². The topological polar surface area (TPSA) is 61.3 Å². The van der Waals surface area contributed by atoms with Gasteiger partial charge in [-0.3, -0.25) is 4.98 Å². The van der Waals surface area contributed by atoms with Gasteiger partial charge in [0.1, 0.15) is 12.4 Å². The second-order valence-corrected chi connectivity index (χ2v) is 8.70. The molecule has 0 N–H and O–H groups in total. The fraction of sp³-hybridized carbons (Fsp3) is 0.240. The molecule has 4 rings (SSSR count). The first kappa shape index (κ1) is 23.6. The number of esters is 1. The van der Waals surface area contributed by atoms with Crippen molar-refractivity contribution in [2.75, 3.05) is 6.61 Å². The lowest BCUT2D eigenvalue weighted by Gasteiger charge is -2.16. The minimum absolute atomic E-state index is 0.184. The van der Waals surface area contributed by atoms with Gasteiger partial charge in [0, 0.05) is 26.2 Å². The lowest BCUT2D eigenvalue weighted by molar-refractivity contribution is 0.0519. The highest BCUT2D eigenvalue weighted by atomic mass is 35.5. The van der Waals surface area contributed by atoms with Gasteiger partial charge in [0.25, 0.3) is 0 Å². The van der Waals surface area contributed by atoms with E-state index in [2.05, 4.69) is 9.97 Å². The largest absolute Gasteiger partial charge is 0.488 e. The Hall–Kier alpha value is -2.60. The maximum atomic E-state index is 12.1. The maximum absolute atomic E-state index is 12.1. The predicted octanol–water partition coefficient (Wildman–Crippen LogP) is 7.29. The van der Waals surface area contributed by atoms with E-state index in [-0.39, 0.29) is 18.9 Å². The van der Waals surface area contributed by atoms with Crippen molar-refractivity contribution in [3.8, 4) is 5.75 Å². The third-order valence-corrected chi connectivity index (χ3v) is 6.29. The number of benzene rings is 2. The third kappa shape index (κ3) is 5.32. The molecule has 0 aliphatic heterocycles. The van der Waals surface area contributed by atoms with Crippen LogP contribution in [-0.2, 0) is 11.3 Å². The standard InChI is InChI=1S/C25H21Cl3N2O3/c1-2-32-25(31)23-13-29-12-22(30-23)17-6-3-5-16(17)18-11-15(26)9-10-24(18)33-14-19-20(27)7-4-8-21(19)28/h4,7-13H,2-3,5-6,14H2,1H3. The highest BCUT2D eigenvalue weighted by molar-refractivity contribution is 6.36. The Morgan fingerprint density at radius 1 is 1.03 bits per heavy atom. The van der Waals surface area contributed by atoms with Crippen molar-refractivity contribution in [3.05, 3.63) is 86.4 Å². The Morgan fingerprint density at radius 2 is 1.79 bits per heavy atom. The Morgan fingerprint density at radius 3 is 2.55 bits per heavy atom. The Labute approximate surface area is 207 Å². The predicted molar refractivity (Wildman–Crippen MR) is 131 cm³/mol. The summed E-state index contributed by atoms with van der Waals surface area (Å²) in [6, 6.07) is 10.9. The number of aromatic nitrogens is 2. The van der Waals surface area contributed by atoms with Crippen LogP contribution in [0.25, 0.3) is 11.1 Å². The van der Waals surface area contributed by atoms with Crippen LogP contribution in [0.5, 0.6) is 5.75 Å². The molecular formula is C25H21Cl3N2O3. The first-order valence-electron chi connectivity index (χ1n) is 10.5. The quantitative estimate of drug-likeness (QED) is 0.317. The van der Waals surface area contributed by atoms with Gasteiger partial charge in [-0.25, -0.2) is 9.78 Å². The van der Waals surface area contributed by atoms with Gasteiger partial charge in [-0.1, -0.05) is 40.9 Å². The number of ether oxygens (including phenoxy) is 2. The molecule has 0 saturated carbocycles. The van der Waals surface area contributed by atoms with Gasteiger partial charge in [0.2, 0.25) is 0 Å². The molecule has 8 heteroatoms. The lowest BCUT2D eigenvalue weighted by Crippen LogP contribution is -2.09. The number of allylic oxidation sites excluding steroid dienone is 2. The number of carbonyl (C=O) groups excluding carboxylic acids is 1. The summed E-state index contributed by atoms with van der Waals surface area (Å²) < 4.78 is 11.2. The second kappa shape index (κ2) is 10.6. The molecule has 1 aliphatic rings. The van der Waals surface area contributed by atoms with Gasteiger partial charge in [0.15, 0.2) is 5.69 Å². The number of hydrogen-bond acceptors (Lipinski definition) is 5. The van der Waals surface area contributed by atoms with Crippen LogP contribution < -0.4 is 4.74 Å². The zero-order chi connectivity index (χ0) is 23.4. The molecular weight excluding hydrogens is 483 g/mol. The molecule has 0 unspecified atom stereocenters. The van der Waals surface area contributed by atoms with Crippen molar-refractivity contribution in [2.24, 2.45) is 0 Å². The second-order valence-electron chi connectivity index (χ2n) is 7.45. The first-order valence-corrected chi connectivity index (χ1v) is 11.7. The van der Waals surface area contributed by atoms with Crippen LogP contribution in [0.1, 0.15) is 53.5 Å². The van der Waals surface area contributed by atoms with Crippen LogP contribution in [0, 0.1) is 0 Å². The summed E-state index contributed by atoms with van der Waals surface area (Å²) in [6.45, 7) is 2.24. The molecule has 0 atom stereocenters. The van der Waals surface area contributed by atoms with E-state index >= 15 is 0 Å². The average Bonchev–Trinajstić information content (AvgIpc) is 3.29. The van der Waals surface area contributed by atoms with Crippen molar-refractivity contribution in [1.82, 2.24) is 9.97 Å². The summed E-state index contributed by atoms with van der Waals surface area (Å²) in [4.78, 5) is 20.9. The number of halogens is 3. The molecule has 0 fully saturated rings. The van der Waals surface area contributed by atoms with Gasteiger partial charge >= 0.3 is 5.97 Å². The minimum Gasteiger partial charge on any atom is -0.488 e. The number of rotatable bonds is 7. The number of nitrogens with zero attached hydrogens (tertiary/aromatic N) is 2. The van der Waals surface area contributed by atoms with Crippen LogP contribution in [-0.4, -0.2) is 22.5 Å². The van der Waals surface area contributed by atoms with Crippen molar-refractivity contribution >= 4 is 51.9 Å². The highest BCUT2D eigenvalue weighted by Crippen LogP contribution is 2.43. The molecule has 0 amide bonds. The molecule has 3 aromatic rings. The van der Waals surface area contributed by atoms with Crippen LogP contribution >= 0.6 is 34.8 Å². The average molecular weight is 504 g/mol. The molecule has 1 aliphatic carbocycles. The summed E-state index contributed by atoms with van der Waals surface area (Å²) in [5, 5.41) is 1.69. The van der Waals surface area contributed by atoms with Crippen LogP contribution in [0.4, 0.5) is 0 Å². The van der Waals surface area contributed by atoms with Gasteiger partial charge in [-0.2, -0.15) is 0 Å². The maximum Gasteiger partial charge on any atom is 0.358 e. The molecule has 33 heavy (non-hydrogen) atoms. The van der Waals surface area contributed by atoms with E-state index < -0.39 is 5.97 Å². The van der Waals surface area contributed by atoms with Gasteiger partial charge < -0.3 is 9.47 Å². The zero-order valence-electron chi connectivity index (χ0n) is 17.9. The Kier molecular flexibility index (Phi) is 7.53. The molecule has 0 bridgehead atoms. The summed E-state index contributed by atoms with van der Waals surface area (Å²) in [5.41, 5.74) is 4.50. The first-order chi connectivity index (χ1) is 16.0. The molecule has 0 spiro atoms. The molecule has 5 nitrogen and oxygen atoms in total. The lowest BCUT2D eigenvalue weighted by atomic mass is 9.99. The highest BCUT2D eigenvalue weighted by Gasteiger charge is 2.23. The van der Waals surface area contributed by atoms with Crippen molar-refractivity contribution in [1.29, 1.82) is 0 Å². The van der Waals surface area contributed by atoms with E-state index in [1.807, 2.05) is 12.1 Å². The normalized spacial score (nSPS) is 13.3. The molecule has 1 aromatic heterocycles. The smallest absolute Gasteiger partial charge is 0.358 e. The number of hydrogen-bond donors (Lipinski definition) is 0. The molecule has 0 saturated heterocycles. The SMILES string of the molecule is CCOC(=O)c1cncc(C2=C(c3cc(Cl)ccc3OCc3c(Cl)cccc3Cl)CCC2)n1. The molecule has 2 aromatic carbocycles. The van der Waals surface area contributed by atoms with Crippen LogP contribution in [0.15, 0.2) is 48.8 Å². The summed E-state index contributed by atoms with van der Waals surface area (Å²) in [7, 11) is 0. The fourth-order valence-corrected chi connectivity index (χ4v) is 4.50. The van der Waals surface area contributed by atoms with Crippen LogP contribution in [0.3, 0.4) is 0 Å². The Balaban J connectivity index is 1.71. The minimum atomic E-state index is -0.490. The Bertz CT molecular complexity index is 1210. The molecule has 1 heterocycles. The molecule has 0 radical (unpaired) electrons. The van der Waals surface area contributed by atoms with E-state index in [0.29, 0.717) is 26.5 Å². The summed E-state index contributed by atoms with van der Waals surface area (Å²) in [5.74, 6) is 0.176. The van der Waals surface area contributed by atoms with E-state index in [9.17, 15) is 4.79 Å².